The zero-order chi connectivity index (χ0) is 16.0. The summed E-state index contributed by atoms with van der Waals surface area (Å²) in [7, 11) is 0. The van der Waals surface area contributed by atoms with Gasteiger partial charge in [0.1, 0.15) is 5.75 Å². The van der Waals surface area contributed by atoms with Crippen LogP contribution in [0.15, 0.2) is 24.3 Å². The summed E-state index contributed by atoms with van der Waals surface area (Å²) in [4.78, 5) is 12.0. The van der Waals surface area contributed by atoms with E-state index in [2.05, 4.69) is 17.6 Å². The molecule has 5 nitrogen and oxygen atoms in total. The molecule has 4 N–H and O–H groups in total. The Morgan fingerprint density at radius 3 is 2.36 bits per heavy atom. The molecule has 1 aliphatic carbocycles. The van der Waals surface area contributed by atoms with Crippen molar-refractivity contribution in [2.75, 3.05) is 6.54 Å². The van der Waals surface area contributed by atoms with Gasteiger partial charge in [0.15, 0.2) is 0 Å². The number of nitrogens with one attached hydrogen (secondary N) is 2. The van der Waals surface area contributed by atoms with E-state index in [9.17, 15) is 15.0 Å². The normalized spacial score (nSPS) is 19.0. The van der Waals surface area contributed by atoms with Gasteiger partial charge in [-0.25, -0.2) is 4.79 Å². The second-order valence-corrected chi connectivity index (χ2v) is 6.42. The van der Waals surface area contributed by atoms with E-state index in [1.165, 1.54) is 25.0 Å². The number of phenolic OH excluding ortho intramolecular Hbond substituents is 1. The summed E-state index contributed by atoms with van der Waals surface area (Å²) in [5, 5.41) is 25.1. The standard InChI is InChI=1S/C17H26N2O3/c1-17(10-4-2-3-5-11-17)19-16(22)18-12-15(21)13-6-8-14(20)9-7-13/h6-9,15,20-21H,2-5,10-12H2,1H3,(H2,18,19,22)/t15-/m1/s1. The summed E-state index contributed by atoms with van der Waals surface area (Å²) in [6.07, 6.45) is 5.98. The first-order valence-electron chi connectivity index (χ1n) is 8.01. The first-order chi connectivity index (χ1) is 10.5. The smallest absolute Gasteiger partial charge is 0.315 e. The summed E-state index contributed by atoms with van der Waals surface area (Å²) in [6.45, 7) is 2.24. The molecular weight excluding hydrogens is 280 g/mol. The lowest BCUT2D eigenvalue weighted by Crippen LogP contribution is -2.50. The SMILES string of the molecule is CC1(NC(=O)NC[C@@H](O)c2ccc(O)cc2)CCCCCC1. The number of carbonyl (C=O) groups excluding carboxylic acids is 1. The lowest BCUT2D eigenvalue weighted by Gasteiger charge is -2.29. The molecule has 0 spiro atoms. The van der Waals surface area contributed by atoms with E-state index in [1.54, 1.807) is 12.1 Å². The molecule has 22 heavy (non-hydrogen) atoms. The molecule has 1 fully saturated rings. The van der Waals surface area contributed by atoms with Crippen molar-refractivity contribution in [3.63, 3.8) is 0 Å². The molecule has 1 saturated carbocycles. The number of aromatic hydroxyl groups is 1. The van der Waals surface area contributed by atoms with Crippen LogP contribution >= 0.6 is 0 Å². The Morgan fingerprint density at radius 1 is 1.18 bits per heavy atom. The number of aliphatic hydroxyl groups excluding tert-OH is 1. The maximum absolute atomic E-state index is 12.0. The van der Waals surface area contributed by atoms with E-state index in [0.717, 1.165) is 25.7 Å². The van der Waals surface area contributed by atoms with E-state index >= 15 is 0 Å². The number of urea groups is 1. The maximum Gasteiger partial charge on any atom is 0.315 e. The minimum atomic E-state index is -0.784. The molecule has 0 unspecified atom stereocenters. The summed E-state index contributed by atoms with van der Waals surface area (Å²) in [5.74, 6) is 0.156. The molecule has 122 valence electrons. The number of hydrogen-bond acceptors (Lipinski definition) is 3. The molecule has 0 aromatic heterocycles. The van der Waals surface area contributed by atoms with Crippen LogP contribution in [0, 0.1) is 0 Å². The molecule has 1 aromatic carbocycles. The lowest BCUT2D eigenvalue weighted by atomic mass is 9.93. The highest BCUT2D eigenvalue weighted by Crippen LogP contribution is 2.26. The van der Waals surface area contributed by atoms with E-state index in [-0.39, 0.29) is 23.9 Å². The van der Waals surface area contributed by atoms with Crippen molar-refractivity contribution in [1.29, 1.82) is 0 Å². The fourth-order valence-electron chi connectivity index (χ4n) is 2.96. The second kappa shape index (κ2) is 7.49. The van der Waals surface area contributed by atoms with Crippen molar-refractivity contribution in [3.8, 4) is 5.75 Å². The van der Waals surface area contributed by atoms with E-state index in [0.29, 0.717) is 5.56 Å². The molecule has 2 amide bonds. The summed E-state index contributed by atoms with van der Waals surface area (Å²) < 4.78 is 0. The Labute approximate surface area is 131 Å². The summed E-state index contributed by atoms with van der Waals surface area (Å²) in [6, 6.07) is 6.09. The van der Waals surface area contributed by atoms with E-state index in [4.69, 9.17) is 0 Å². The number of amides is 2. The molecular formula is C17H26N2O3. The van der Waals surface area contributed by atoms with Gasteiger partial charge < -0.3 is 20.8 Å². The van der Waals surface area contributed by atoms with Crippen molar-refractivity contribution < 1.29 is 15.0 Å². The molecule has 1 aromatic rings. The van der Waals surface area contributed by atoms with Crippen LogP contribution in [0.4, 0.5) is 4.79 Å². The van der Waals surface area contributed by atoms with Gasteiger partial charge in [-0.1, -0.05) is 37.8 Å². The van der Waals surface area contributed by atoms with Crippen molar-refractivity contribution in [2.45, 2.75) is 57.1 Å². The number of hydrogen-bond donors (Lipinski definition) is 4. The molecule has 0 bridgehead atoms. The number of aliphatic hydroxyl groups is 1. The molecule has 2 rings (SSSR count). The summed E-state index contributed by atoms with van der Waals surface area (Å²) >= 11 is 0. The first-order valence-corrected chi connectivity index (χ1v) is 8.01. The molecule has 0 saturated heterocycles. The van der Waals surface area contributed by atoms with Crippen LogP contribution in [0.2, 0.25) is 0 Å². The van der Waals surface area contributed by atoms with Crippen LogP contribution in [-0.4, -0.2) is 28.3 Å². The van der Waals surface area contributed by atoms with E-state index < -0.39 is 6.10 Å². The highest BCUT2D eigenvalue weighted by Gasteiger charge is 2.27. The third-order valence-electron chi connectivity index (χ3n) is 4.36. The van der Waals surface area contributed by atoms with Crippen LogP contribution < -0.4 is 10.6 Å². The maximum atomic E-state index is 12.0. The van der Waals surface area contributed by atoms with Crippen molar-refractivity contribution >= 4 is 6.03 Å². The van der Waals surface area contributed by atoms with Gasteiger partial charge in [0.25, 0.3) is 0 Å². The van der Waals surface area contributed by atoms with Crippen molar-refractivity contribution in [3.05, 3.63) is 29.8 Å². The van der Waals surface area contributed by atoms with Gasteiger partial charge in [-0.2, -0.15) is 0 Å². The highest BCUT2D eigenvalue weighted by atomic mass is 16.3. The van der Waals surface area contributed by atoms with Crippen LogP contribution in [0.5, 0.6) is 5.75 Å². The lowest BCUT2D eigenvalue weighted by molar-refractivity contribution is 0.170. The topological polar surface area (TPSA) is 81.6 Å². The van der Waals surface area contributed by atoms with Crippen molar-refractivity contribution in [1.82, 2.24) is 10.6 Å². The third-order valence-corrected chi connectivity index (χ3v) is 4.36. The van der Waals surface area contributed by atoms with Gasteiger partial charge in [0.05, 0.1) is 6.10 Å². The quantitative estimate of drug-likeness (QED) is 0.646. The third kappa shape index (κ3) is 4.91. The van der Waals surface area contributed by atoms with Crippen LogP contribution in [0.25, 0.3) is 0 Å². The number of phenols is 1. The zero-order valence-electron chi connectivity index (χ0n) is 13.1. The molecule has 0 heterocycles. The minimum Gasteiger partial charge on any atom is -0.508 e. The number of benzene rings is 1. The largest absolute Gasteiger partial charge is 0.508 e. The Morgan fingerprint density at radius 2 is 1.77 bits per heavy atom. The highest BCUT2D eigenvalue weighted by molar-refractivity contribution is 5.74. The van der Waals surface area contributed by atoms with Gasteiger partial charge in [-0.15, -0.1) is 0 Å². The van der Waals surface area contributed by atoms with Crippen molar-refractivity contribution in [2.24, 2.45) is 0 Å². The zero-order valence-corrected chi connectivity index (χ0v) is 13.1. The van der Waals surface area contributed by atoms with Gasteiger partial charge in [-0.3, -0.25) is 0 Å². The second-order valence-electron chi connectivity index (χ2n) is 6.42. The summed E-state index contributed by atoms with van der Waals surface area (Å²) in [5.41, 5.74) is 0.517. The Balaban J connectivity index is 1.80. The van der Waals surface area contributed by atoms with Gasteiger partial charge >= 0.3 is 6.03 Å². The molecule has 5 heteroatoms. The van der Waals surface area contributed by atoms with Crippen LogP contribution in [0.1, 0.15) is 57.1 Å². The fourth-order valence-corrected chi connectivity index (χ4v) is 2.96. The minimum absolute atomic E-state index is 0.146. The molecule has 1 atom stereocenters. The molecule has 0 aliphatic heterocycles. The number of rotatable bonds is 4. The number of carbonyl (C=O) groups is 1. The van der Waals surface area contributed by atoms with E-state index in [1.807, 2.05) is 0 Å². The van der Waals surface area contributed by atoms with Gasteiger partial charge in [0.2, 0.25) is 0 Å². The molecule has 1 aliphatic rings. The Bertz CT molecular complexity index is 479. The Hall–Kier alpha value is -1.75. The molecule has 0 radical (unpaired) electrons. The monoisotopic (exact) mass is 306 g/mol. The predicted molar refractivity (Wildman–Crippen MR) is 85.7 cm³/mol. The first kappa shape index (κ1) is 16.6. The van der Waals surface area contributed by atoms with Gasteiger partial charge in [-0.05, 0) is 37.5 Å². The average molecular weight is 306 g/mol. The Kier molecular flexibility index (Phi) is 5.66. The van der Waals surface area contributed by atoms with Crippen LogP contribution in [-0.2, 0) is 0 Å². The fraction of sp³-hybridized carbons (Fsp3) is 0.588. The van der Waals surface area contributed by atoms with Crippen LogP contribution in [0.3, 0.4) is 0 Å². The predicted octanol–water partition coefficient (Wildman–Crippen LogP) is 2.84. The average Bonchev–Trinajstić information content (AvgIpc) is 2.70. The van der Waals surface area contributed by atoms with Gasteiger partial charge in [0, 0.05) is 12.1 Å².